The van der Waals surface area contributed by atoms with Gasteiger partial charge in [-0.2, -0.15) is 5.26 Å². The average molecular weight is 332 g/mol. The van der Waals surface area contributed by atoms with Crippen molar-refractivity contribution < 1.29 is 14.3 Å². The molecule has 0 amide bonds. The largest absolute Gasteiger partial charge is 0.492 e. The molecule has 2 aromatic carbocycles. The van der Waals surface area contributed by atoms with E-state index in [2.05, 4.69) is 22.0 Å². The molecule has 0 heterocycles. The third-order valence-electron chi connectivity index (χ3n) is 2.62. The smallest absolute Gasteiger partial charge is 0.171 e. The zero-order valence-corrected chi connectivity index (χ0v) is 12.2. The maximum absolute atomic E-state index is 11.0. The summed E-state index contributed by atoms with van der Waals surface area (Å²) < 4.78 is 11.7. The van der Waals surface area contributed by atoms with Crippen LogP contribution in [-0.2, 0) is 0 Å². The number of halogens is 1. The summed E-state index contributed by atoms with van der Waals surface area (Å²) in [5.74, 6) is 1.11. The molecule has 0 aliphatic heterocycles. The number of nitriles is 1. The molecule has 0 spiro atoms. The number of carbonyl (C=O) groups is 1. The van der Waals surface area contributed by atoms with Crippen molar-refractivity contribution in [3.63, 3.8) is 0 Å². The Kier molecular flexibility index (Phi) is 4.38. The molecule has 0 atom stereocenters. The Labute approximate surface area is 124 Å². The molecule has 0 unspecified atom stereocenters. The molecule has 2 aromatic rings. The molecule has 0 fully saturated rings. The minimum Gasteiger partial charge on any atom is -0.492 e. The van der Waals surface area contributed by atoms with Gasteiger partial charge in [0.25, 0.3) is 0 Å². The van der Waals surface area contributed by atoms with Crippen molar-refractivity contribution in [1.82, 2.24) is 0 Å². The first-order valence-corrected chi connectivity index (χ1v) is 6.48. The van der Waals surface area contributed by atoms with Crippen molar-refractivity contribution in [3.05, 3.63) is 52.0 Å². The van der Waals surface area contributed by atoms with E-state index in [-0.39, 0.29) is 0 Å². The second kappa shape index (κ2) is 6.22. The van der Waals surface area contributed by atoms with Crippen LogP contribution in [0.3, 0.4) is 0 Å². The number of nitrogens with zero attached hydrogens (tertiary/aromatic N) is 1. The maximum atomic E-state index is 11.0. The molecule has 100 valence electrons. The SMILES string of the molecule is COc1c(C=O)cccc1Oc1cc(Br)ccc1C#N. The molecule has 0 saturated heterocycles. The van der Waals surface area contributed by atoms with E-state index in [1.807, 2.05) is 0 Å². The lowest BCUT2D eigenvalue weighted by molar-refractivity contribution is 0.112. The summed E-state index contributed by atoms with van der Waals surface area (Å²) in [4.78, 5) is 11.0. The van der Waals surface area contributed by atoms with Crippen LogP contribution in [0.15, 0.2) is 40.9 Å². The van der Waals surface area contributed by atoms with Gasteiger partial charge in [0.05, 0.1) is 18.2 Å². The normalized spacial score (nSPS) is 9.65. The van der Waals surface area contributed by atoms with Crippen LogP contribution in [0.5, 0.6) is 17.2 Å². The first-order valence-electron chi connectivity index (χ1n) is 5.69. The highest BCUT2D eigenvalue weighted by Gasteiger charge is 2.12. The van der Waals surface area contributed by atoms with Crippen LogP contribution in [0.4, 0.5) is 0 Å². The van der Waals surface area contributed by atoms with Gasteiger partial charge in [-0.15, -0.1) is 0 Å². The molecular formula is C15H10BrNO3. The van der Waals surface area contributed by atoms with E-state index in [1.165, 1.54) is 7.11 Å². The highest BCUT2D eigenvalue weighted by atomic mass is 79.9. The van der Waals surface area contributed by atoms with E-state index in [0.29, 0.717) is 34.7 Å². The van der Waals surface area contributed by atoms with Crippen molar-refractivity contribution in [2.45, 2.75) is 0 Å². The first-order chi connectivity index (χ1) is 9.69. The van der Waals surface area contributed by atoms with E-state index < -0.39 is 0 Å². The van der Waals surface area contributed by atoms with E-state index in [0.717, 1.165) is 4.47 Å². The predicted octanol–water partition coefficient (Wildman–Crippen LogP) is 3.93. The standard InChI is InChI=1S/C15H10BrNO3/c1-19-15-11(9-18)3-2-4-13(15)20-14-7-12(16)6-5-10(14)8-17/h2-7,9H,1H3. The lowest BCUT2D eigenvalue weighted by atomic mass is 10.2. The van der Waals surface area contributed by atoms with Crippen molar-refractivity contribution in [2.75, 3.05) is 7.11 Å². The highest BCUT2D eigenvalue weighted by Crippen LogP contribution is 2.35. The van der Waals surface area contributed by atoms with Gasteiger partial charge in [-0.25, -0.2) is 0 Å². The summed E-state index contributed by atoms with van der Waals surface area (Å²) in [5, 5.41) is 9.08. The van der Waals surface area contributed by atoms with Crippen molar-refractivity contribution >= 4 is 22.2 Å². The van der Waals surface area contributed by atoms with E-state index in [1.54, 1.807) is 36.4 Å². The molecule has 0 radical (unpaired) electrons. The summed E-state index contributed by atoms with van der Waals surface area (Å²) in [6.45, 7) is 0. The van der Waals surface area contributed by atoms with E-state index >= 15 is 0 Å². The average Bonchev–Trinajstić information content (AvgIpc) is 2.47. The number of methoxy groups -OCH3 is 1. The summed E-state index contributed by atoms with van der Waals surface area (Å²) in [7, 11) is 1.46. The molecule has 5 heteroatoms. The summed E-state index contributed by atoms with van der Waals surface area (Å²) in [6, 6.07) is 12.1. The van der Waals surface area contributed by atoms with Gasteiger partial charge in [0.15, 0.2) is 17.8 Å². The van der Waals surface area contributed by atoms with Gasteiger partial charge in [-0.1, -0.05) is 22.0 Å². The highest BCUT2D eigenvalue weighted by molar-refractivity contribution is 9.10. The Morgan fingerprint density at radius 1 is 1.25 bits per heavy atom. The second-order valence-corrected chi connectivity index (χ2v) is 4.77. The third-order valence-corrected chi connectivity index (χ3v) is 3.12. The van der Waals surface area contributed by atoms with Gasteiger partial charge in [0.2, 0.25) is 0 Å². The Balaban J connectivity index is 2.48. The number of aldehydes is 1. The number of benzene rings is 2. The third kappa shape index (κ3) is 2.81. The van der Waals surface area contributed by atoms with Gasteiger partial charge in [-0.05, 0) is 30.3 Å². The zero-order valence-electron chi connectivity index (χ0n) is 10.6. The topological polar surface area (TPSA) is 59.3 Å². The fourth-order valence-corrected chi connectivity index (χ4v) is 2.06. The fourth-order valence-electron chi connectivity index (χ4n) is 1.72. The first kappa shape index (κ1) is 14.1. The van der Waals surface area contributed by atoms with Crippen LogP contribution < -0.4 is 9.47 Å². The number of hydrogen-bond acceptors (Lipinski definition) is 4. The maximum Gasteiger partial charge on any atom is 0.171 e. The van der Waals surface area contributed by atoms with Crippen LogP contribution in [0.1, 0.15) is 15.9 Å². The van der Waals surface area contributed by atoms with Crippen LogP contribution >= 0.6 is 15.9 Å². The van der Waals surface area contributed by atoms with Gasteiger partial charge >= 0.3 is 0 Å². The molecule has 0 aliphatic rings. The molecule has 0 aromatic heterocycles. The number of carbonyl (C=O) groups excluding carboxylic acids is 1. The van der Waals surface area contributed by atoms with E-state index in [9.17, 15) is 4.79 Å². The fraction of sp³-hybridized carbons (Fsp3) is 0.0667. The Morgan fingerprint density at radius 3 is 2.70 bits per heavy atom. The zero-order chi connectivity index (χ0) is 14.5. The minimum atomic E-state index is 0.339. The van der Waals surface area contributed by atoms with Crippen molar-refractivity contribution in [2.24, 2.45) is 0 Å². The quantitative estimate of drug-likeness (QED) is 0.796. The molecule has 4 nitrogen and oxygen atoms in total. The number of ether oxygens (including phenoxy) is 2. The molecular weight excluding hydrogens is 322 g/mol. The van der Waals surface area contributed by atoms with Gasteiger partial charge in [0.1, 0.15) is 11.8 Å². The van der Waals surface area contributed by atoms with Crippen molar-refractivity contribution in [1.29, 1.82) is 5.26 Å². The van der Waals surface area contributed by atoms with Crippen LogP contribution in [0, 0.1) is 11.3 Å². The summed E-state index contributed by atoms with van der Waals surface area (Å²) >= 11 is 3.33. The molecule has 0 saturated carbocycles. The minimum absolute atomic E-state index is 0.339. The van der Waals surface area contributed by atoms with Gasteiger partial charge < -0.3 is 9.47 Å². The Hall–Kier alpha value is -2.32. The second-order valence-electron chi connectivity index (χ2n) is 3.85. The predicted molar refractivity (Wildman–Crippen MR) is 77.3 cm³/mol. The Bertz CT molecular complexity index is 692. The van der Waals surface area contributed by atoms with Crippen LogP contribution in [-0.4, -0.2) is 13.4 Å². The van der Waals surface area contributed by atoms with E-state index in [4.69, 9.17) is 14.7 Å². The molecule has 2 rings (SSSR count). The monoisotopic (exact) mass is 331 g/mol. The lowest BCUT2D eigenvalue weighted by Gasteiger charge is -2.12. The van der Waals surface area contributed by atoms with Gasteiger partial charge in [0, 0.05) is 4.47 Å². The summed E-state index contributed by atoms with van der Waals surface area (Å²) in [5.41, 5.74) is 0.783. The summed E-state index contributed by atoms with van der Waals surface area (Å²) in [6.07, 6.45) is 0.692. The number of hydrogen-bond donors (Lipinski definition) is 0. The van der Waals surface area contributed by atoms with Crippen molar-refractivity contribution in [3.8, 4) is 23.3 Å². The molecule has 0 bridgehead atoms. The molecule has 0 N–H and O–H groups in total. The van der Waals surface area contributed by atoms with Crippen LogP contribution in [0.2, 0.25) is 0 Å². The molecule has 0 aliphatic carbocycles. The van der Waals surface area contributed by atoms with Gasteiger partial charge in [-0.3, -0.25) is 4.79 Å². The van der Waals surface area contributed by atoms with Crippen LogP contribution in [0.25, 0.3) is 0 Å². The number of rotatable bonds is 4. The lowest BCUT2D eigenvalue weighted by Crippen LogP contribution is -1.96. The molecule has 20 heavy (non-hydrogen) atoms. The number of para-hydroxylation sites is 1. The Morgan fingerprint density at radius 2 is 2.05 bits per heavy atom.